The first kappa shape index (κ1) is 8.59. The molecule has 0 spiro atoms. The molecule has 0 amide bonds. The molecule has 0 aliphatic rings. The molecule has 0 aromatic carbocycles. The van der Waals surface area contributed by atoms with Gasteiger partial charge in [-0.1, -0.05) is 0 Å². The van der Waals surface area contributed by atoms with Crippen LogP contribution in [0, 0.1) is 0 Å². The molecule has 0 heterocycles. The van der Waals surface area contributed by atoms with Crippen LogP contribution in [0.25, 0.3) is 0 Å². The number of ketones is 1. The van der Waals surface area contributed by atoms with Crippen molar-refractivity contribution in [1.82, 2.24) is 0 Å². The van der Waals surface area contributed by atoms with E-state index in [2.05, 4.69) is 4.89 Å². The van der Waals surface area contributed by atoms with E-state index in [1.165, 1.54) is 6.92 Å². The third-order valence-electron chi connectivity index (χ3n) is 1.08. The lowest BCUT2D eigenvalue weighted by atomic mass is 10.2. The van der Waals surface area contributed by atoms with Gasteiger partial charge in [-0.05, 0) is 20.3 Å². The Morgan fingerprint density at radius 3 is 2.67 bits per heavy atom. The highest BCUT2D eigenvalue weighted by Gasteiger charge is 2.01. The van der Waals surface area contributed by atoms with Gasteiger partial charge < -0.3 is 4.79 Å². The minimum atomic E-state index is -0.228. The summed E-state index contributed by atoms with van der Waals surface area (Å²) in [5.74, 6) is 0.124. The number of Topliss-reactive ketones (excluding diaryl/α,β-unsaturated/α-hetero) is 1. The Hall–Kier alpha value is -0.410. The number of hydrogen-bond donors (Lipinski definition) is 1. The molecule has 0 saturated heterocycles. The third kappa shape index (κ3) is 5.46. The Labute approximate surface area is 54.6 Å². The summed E-state index contributed by atoms with van der Waals surface area (Å²) >= 11 is 0. The first-order valence-electron chi connectivity index (χ1n) is 2.96. The van der Waals surface area contributed by atoms with Gasteiger partial charge in [-0.3, -0.25) is 5.26 Å². The van der Waals surface area contributed by atoms with Gasteiger partial charge in [-0.25, -0.2) is 4.89 Å². The highest BCUT2D eigenvalue weighted by Crippen LogP contribution is 1.99. The minimum Gasteiger partial charge on any atom is -0.300 e. The first-order chi connectivity index (χ1) is 4.16. The molecule has 0 bridgehead atoms. The van der Waals surface area contributed by atoms with Gasteiger partial charge in [-0.2, -0.15) is 0 Å². The monoisotopic (exact) mass is 132 g/mol. The zero-order valence-corrected chi connectivity index (χ0v) is 5.76. The van der Waals surface area contributed by atoms with Gasteiger partial charge >= 0.3 is 0 Å². The smallest absolute Gasteiger partial charge is 0.129 e. The summed E-state index contributed by atoms with van der Waals surface area (Å²) in [5.41, 5.74) is 0. The third-order valence-corrected chi connectivity index (χ3v) is 1.08. The predicted molar refractivity (Wildman–Crippen MR) is 33.1 cm³/mol. The van der Waals surface area contributed by atoms with E-state index in [0.717, 1.165) is 0 Å². The summed E-state index contributed by atoms with van der Waals surface area (Å²) in [5, 5.41) is 8.04. The molecule has 0 radical (unpaired) electrons. The van der Waals surface area contributed by atoms with Gasteiger partial charge in [0.05, 0.1) is 6.10 Å². The summed E-state index contributed by atoms with van der Waals surface area (Å²) in [4.78, 5) is 14.3. The summed E-state index contributed by atoms with van der Waals surface area (Å²) in [6.07, 6.45) is 0.835. The minimum absolute atomic E-state index is 0.124. The molecule has 3 nitrogen and oxygen atoms in total. The van der Waals surface area contributed by atoms with Crippen molar-refractivity contribution in [1.29, 1.82) is 0 Å². The van der Waals surface area contributed by atoms with Crippen LogP contribution < -0.4 is 0 Å². The Morgan fingerprint density at radius 2 is 2.33 bits per heavy atom. The fourth-order valence-corrected chi connectivity index (χ4v) is 0.459. The van der Waals surface area contributed by atoms with E-state index in [1.807, 2.05) is 0 Å². The van der Waals surface area contributed by atoms with E-state index in [9.17, 15) is 4.79 Å². The Bertz CT molecular complexity index is 90.3. The van der Waals surface area contributed by atoms with Crippen LogP contribution in [-0.4, -0.2) is 17.1 Å². The Balaban J connectivity index is 3.16. The van der Waals surface area contributed by atoms with Crippen molar-refractivity contribution >= 4 is 5.78 Å². The van der Waals surface area contributed by atoms with Crippen LogP contribution in [0.15, 0.2) is 0 Å². The lowest BCUT2D eigenvalue weighted by Crippen LogP contribution is -2.06. The molecule has 0 aliphatic heterocycles. The van der Waals surface area contributed by atoms with Gasteiger partial charge in [-0.15, -0.1) is 0 Å². The summed E-state index contributed by atoms with van der Waals surface area (Å²) in [7, 11) is 0. The lowest BCUT2D eigenvalue weighted by molar-refractivity contribution is -0.274. The van der Waals surface area contributed by atoms with E-state index in [4.69, 9.17) is 5.26 Å². The maximum absolute atomic E-state index is 10.3. The molecule has 3 heteroatoms. The van der Waals surface area contributed by atoms with E-state index < -0.39 is 0 Å². The molecular formula is C6H12O3. The summed E-state index contributed by atoms with van der Waals surface area (Å²) in [6.45, 7) is 3.23. The quantitative estimate of drug-likeness (QED) is 0.462. The van der Waals surface area contributed by atoms with Crippen LogP contribution >= 0.6 is 0 Å². The highest BCUT2D eigenvalue weighted by atomic mass is 17.1. The van der Waals surface area contributed by atoms with Crippen molar-refractivity contribution in [3.63, 3.8) is 0 Å². The molecule has 0 aromatic heterocycles. The Kier molecular flexibility index (Phi) is 4.26. The SMILES string of the molecule is CC(=O)CCC(C)OO. The second-order valence-corrected chi connectivity index (χ2v) is 2.16. The lowest BCUT2D eigenvalue weighted by Gasteiger charge is -2.03. The largest absolute Gasteiger partial charge is 0.300 e. The van der Waals surface area contributed by atoms with Gasteiger partial charge in [0.15, 0.2) is 0 Å². The van der Waals surface area contributed by atoms with Gasteiger partial charge in [0.2, 0.25) is 0 Å². The molecule has 0 aliphatic carbocycles. The molecule has 9 heavy (non-hydrogen) atoms. The fourth-order valence-electron chi connectivity index (χ4n) is 0.459. The van der Waals surface area contributed by atoms with Crippen LogP contribution in [0.1, 0.15) is 26.7 Å². The standard InChI is InChI=1S/C6H12O3/c1-5(7)3-4-6(2)9-8/h6,8H,3-4H2,1-2H3. The molecular weight excluding hydrogens is 120 g/mol. The molecule has 0 fully saturated rings. The number of rotatable bonds is 4. The van der Waals surface area contributed by atoms with Crippen LogP contribution in [-0.2, 0) is 9.68 Å². The van der Waals surface area contributed by atoms with E-state index in [-0.39, 0.29) is 11.9 Å². The number of hydrogen-bond acceptors (Lipinski definition) is 3. The second-order valence-electron chi connectivity index (χ2n) is 2.16. The summed E-state index contributed by atoms with van der Waals surface area (Å²) < 4.78 is 0. The zero-order chi connectivity index (χ0) is 7.28. The van der Waals surface area contributed by atoms with Crippen molar-refractivity contribution in [3.8, 4) is 0 Å². The van der Waals surface area contributed by atoms with Gasteiger partial charge in [0, 0.05) is 6.42 Å². The second kappa shape index (κ2) is 4.47. The van der Waals surface area contributed by atoms with Crippen molar-refractivity contribution in [2.45, 2.75) is 32.8 Å². The van der Waals surface area contributed by atoms with Crippen molar-refractivity contribution in [3.05, 3.63) is 0 Å². The van der Waals surface area contributed by atoms with Crippen molar-refractivity contribution < 1.29 is 14.9 Å². The molecule has 1 atom stereocenters. The molecule has 1 unspecified atom stereocenters. The fraction of sp³-hybridized carbons (Fsp3) is 0.833. The molecule has 1 N–H and O–H groups in total. The van der Waals surface area contributed by atoms with E-state index in [1.54, 1.807) is 6.92 Å². The van der Waals surface area contributed by atoms with Crippen LogP contribution in [0.5, 0.6) is 0 Å². The first-order valence-corrected chi connectivity index (χ1v) is 2.96. The highest BCUT2D eigenvalue weighted by molar-refractivity contribution is 5.75. The molecule has 54 valence electrons. The van der Waals surface area contributed by atoms with Gasteiger partial charge in [0.25, 0.3) is 0 Å². The normalized spacial score (nSPS) is 13.2. The maximum atomic E-state index is 10.3. The molecule has 0 aromatic rings. The average molecular weight is 132 g/mol. The van der Waals surface area contributed by atoms with Crippen LogP contribution in [0.3, 0.4) is 0 Å². The maximum Gasteiger partial charge on any atom is 0.129 e. The average Bonchev–Trinajstić information content (AvgIpc) is 1.83. The predicted octanol–water partition coefficient (Wildman–Crippen LogP) is 1.23. The molecule has 0 rings (SSSR count). The van der Waals surface area contributed by atoms with Crippen molar-refractivity contribution in [2.75, 3.05) is 0 Å². The summed E-state index contributed by atoms with van der Waals surface area (Å²) in [6, 6.07) is 0. The van der Waals surface area contributed by atoms with Crippen LogP contribution in [0.2, 0.25) is 0 Å². The van der Waals surface area contributed by atoms with Gasteiger partial charge in [0.1, 0.15) is 5.78 Å². The topological polar surface area (TPSA) is 46.5 Å². The van der Waals surface area contributed by atoms with Crippen molar-refractivity contribution in [2.24, 2.45) is 0 Å². The Morgan fingerprint density at radius 1 is 1.78 bits per heavy atom. The molecule has 0 saturated carbocycles. The van der Waals surface area contributed by atoms with Crippen LogP contribution in [0.4, 0.5) is 0 Å². The number of carbonyl (C=O) groups is 1. The van der Waals surface area contributed by atoms with E-state index in [0.29, 0.717) is 12.8 Å². The zero-order valence-electron chi connectivity index (χ0n) is 5.76. The van der Waals surface area contributed by atoms with E-state index >= 15 is 0 Å². The number of carbonyl (C=O) groups excluding carboxylic acids is 1.